The van der Waals surface area contributed by atoms with Gasteiger partial charge >= 0.3 is 0 Å². The van der Waals surface area contributed by atoms with Gasteiger partial charge in [-0.2, -0.15) is 0 Å². The average Bonchev–Trinajstić information content (AvgIpc) is 2.56. The predicted octanol–water partition coefficient (Wildman–Crippen LogP) is 4.46. The Labute approximate surface area is 140 Å². The second kappa shape index (κ2) is 8.68. The molecule has 0 aliphatic heterocycles. The number of unbranched alkanes of at least 4 members (excludes halogenated alkanes) is 1. The van der Waals surface area contributed by atoms with Crippen molar-refractivity contribution in [3.63, 3.8) is 0 Å². The molecule has 0 fully saturated rings. The third-order valence-electron chi connectivity index (χ3n) is 4.13. The summed E-state index contributed by atoms with van der Waals surface area (Å²) in [7, 11) is 4.14. The lowest BCUT2D eigenvalue weighted by molar-refractivity contribution is 0.183. The molecule has 0 aliphatic rings. The number of aromatic nitrogens is 1. The molecule has 0 saturated heterocycles. The smallest absolute Gasteiger partial charge is 0.221 e. The molecular formula is C20H28N2O. The van der Waals surface area contributed by atoms with E-state index in [0.29, 0.717) is 12.6 Å². The maximum Gasteiger partial charge on any atom is 0.221 e. The van der Waals surface area contributed by atoms with Gasteiger partial charge in [0, 0.05) is 17.1 Å². The van der Waals surface area contributed by atoms with Crippen LogP contribution in [0.1, 0.15) is 31.9 Å². The Balaban J connectivity index is 2.24. The van der Waals surface area contributed by atoms with Crippen LogP contribution in [-0.2, 0) is 6.42 Å². The number of pyridine rings is 1. The molecule has 0 amide bonds. The van der Waals surface area contributed by atoms with Crippen LogP contribution in [-0.4, -0.2) is 36.6 Å². The van der Waals surface area contributed by atoms with Crippen LogP contribution >= 0.6 is 0 Å². The number of rotatable bonds is 9. The second-order valence-corrected chi connectivity index (χ2v) is 6.20. The normalized spacial score (nSPS) is 12.5. The minimum absolute atomic E-state index is 0.312. The lowest BCUT2D eigenvalue weighted by atomic mass is 10.1. The van der Waals surface area contributed by atoms with Crippen LogP contribution < -0.4 is 4.74 Å². The molecule has 0 aliphatic carbocycles. The zero-order valence-electron chi connectivity index (χ0n) is 14.6. The Morgan fingerprint density at radius 1 is 1.30 bits per heavy atom. The Hall–Kier alpha value is -1.87. The molecule has 0 saturated carbocycles. The first-order valence-corrected chi connectivity index (χ1v) is 8.44. The molecule has 124 valence electrons. The molecule has 1 aromatic carbocycles. The summed E-state index contributed by atoms with van der Waals surface area (Å²) in [4.78, 5) is 6.93. The standard InChI is InChI=1S/C20H28N2O/c1-5-7-12-17-14-16-11-8-9-13-19(16)20(21-17)23-15-18(10-6-2)22(3)4/h6,8-9,11,13-14,18H,2,5,7,10,12,15H2,1,3-4H3. The van der Waals surface area contributed by atoms with Gasteiger partial charge in [-0.05, 0) is 50.9 Å². The summed E-state index contributed by atoms with van der Waals surface area (Å²) < 4.78 is 6.12. The van der Waals surface area contributed by atoms with Crippen molar-refractivity contribution in [1.29, 1.82) is 0 Å². The van der Waals surface area contributed by atoms with E-state index in [-0.39, 0.29) is 0 Å². The number of likely N-dealkylation sites (N-methyl/N-ethyl adjacent to an activating group) is 1. The second-order valence-electron chi connectivity index (χ2n) is 6.20. The summed E-state index contributed by atoms with van der Waals surface area (Å²) in [5.74, 6) is 0.755. The maximum atomic E-state index is 6.12. The van der Waals surface area contributed by atoms with Crippen LogP contribution in [0.2, 0.25) is 0 Å². The van der Waals surface area contributed by atoms with Crippen LogP contribution in [0.5, 0.6) is 5.88 Å². The van der Waals surface area contributed by atoms with Crippen molar-refractivity contribution >= 4 is 10.8 Å². The zero-order valence-corrected chi connectivity index (χ0v) is 14.6. The van der Waals surface area contributed by atoms with Gasteiger partial charge in [-0.15, -0.1) is 6.58 Å². The van der Waals surface area contributed by atoms with E-state index in [4.69, 9.17) is 9.72 Å². The Bertz CT molecular complexity index is 637. The fourth-order valence-electron chi connectivity index (χ4n) is 2.61. The lowest BCUT2D eigenvalue weighted by Crippen LogP contribution is -2.33. The SMILES string of the molecule is C=CCC(COc1nc(CCCC)cc2ccccc12)N(C)C. The van der Waals surface area contributed by atoms with Gasteiger partial charge in [-0.1, -0.05) is 37.6 Å². The van der Waals surface area contributed by atoms with Crippen molar-refractivity contribution in [3.05, 3.63) is 48.7 Å². The quantitative estimate of drug-likeness (QED) is 0.639. The first kappa shape index (κ1) is 17.5. The summed E-state index contributed by atoms with van der Waals surface area (Å²) >= 11 is 0. The molecule has 1 unspecified atom stereocenters. The number of nitrogens with zero attached hydrogens (tertiary/aromatic N) is 2. The molecule has 3 heteroatoms. The highest BCUT2D eigenvalue weighted by atomic mass is 16.5. The molecular weight excluding hydrogens is 284 g/mol. The molecule has 2 rings (SSSR count). The minimum Gasteiger partial charge on any atom is -0.476 e. The van der Waals surface area contributed by atoms with E-state index in [1.807, 2.05) is 12.1 Å². The van der Waals surface area contributed by atoms with Crippen molar-refractivity contribution in [3.8, 4) is 5.88 Å². The topological polar surface area (TPSA) is 25.4 Å². The predicted molar refractivity (Wildman–Crippen MR) is 98.1 cm³/mol. The fraction of sp³-hybridized carbons (Fsp3) is 0.450. The molecule has 23 heavy (non-hydrogen) atoms. The van der Waals surface area contributed by atoms with Crippen molar-refractivity contribution in [2.45, 2.75) is 38.6 Å². The summed E-state index contributed by atoms with van der Waals surface area (Å²) in [5.41, 5.74) is 1.12. The van der Waals surface area contributed by atoms with Gasteiger partial charge in [0.1, 0.15) is 6.61 Å². The third kappa shape index (κ3) is 4.80. The molecule has 3 nitrogen and oxygen atoms in total. The maximum absolute atomic E-state index is 6.12. The van der Waals surface area contributed by atoms with Gasteiger partial charge in [-0.25, -0.2) is 4.98 Å². The number of hydrogen-bond acceptors (Lipinski definition) is 3. The summed E-state index contributed by atoms with van der Waals surface area (Å²) in [6.07, 6.45) is 6.17. The van der Waals surface area contributed by atoms with E-state index in [1.165, 1.54) is 11.8 Å². The van der Waals surface area contributed by atoms with Crippen LogP contribution in [0.25, 0.3) is 10.8 Å². The molecule has 0 radical (unpaired) electrons. The first-order valence-electron chi connectivity index (χ1n) is 8.44. The van der Waals surface area contributed by atoms with Gasteiger partial charge in [0.25, 0.3) is 0 Å². The molecule has 2 aromatic rings. The number of hydrogen-bond donors (Lipinski definition) is 0. The Morgan fingerprint density at radius 3 is 2.78 bits per heavy atom. The fourth-order valence-corrected chi connectivity index (χ4v) is 2.61. The molecule has 0 spiro atoms. The summed E-state index contributed by atoms with van der Waals surface area (Å²) in [6.45, 7) is 6.66. The van der Waals surface area contributed by atoms with E-state index in [9.17, 15) is 0 Å². The molecule has 0 bridgehead atoms. The highest BCUT2D eigenvalue weighted by Gasteiger charge is 2.13. The minimum atomic E-state index is 0.312. The monoisotopic (exact) mass is 312 g/mol. The Kier molecular flexibility index (Phi) is 6.60. The number of aryl methyl sites for hydroxylation is 1. The highest BCUT2D eigenvalue weighted by molar-refractivity contribution is 5.87. The van der Waals surface area contributed by atoms with Gasteiger partial charge < -0.3 is 9.64 Å². The number of ether oxygens (including phenoxy) is 1. The molecule has 0 N–H and O–H groups in total. The van der Waals surface area contributed by atoms with E-state index in [0.717, 1.165) is 36.2 Å². The first-order chi connectivity index (χ1) is 11.2. The lowest BCUT2D eigenvalue weighted by Gasteiger charge is -2.23. The van der Waals surface area contributed by atoms with Gasteiger partial charge in [0.2, 0.25) is 5.88 Å². The highest BCUT2D eigenvalue weighted by Crippen LogP contribution is 2.25. The number of benzene rings is 1. The van der Waals surface area contributed by atoms with Crippen LogP contribution in [0, 0.1) is 0 Å². The van der Waals surface area contributed by atoms with Crippen molar-refractivity contribution in [2.24, 2.45) is 0 Å². The van der Waals surface area contributed by atoms with Crippen LogP contribution in [0.4, 0.5) is 0 Å². The van der Waals surface area contributed by atoms with E-state index >= 15 is 0 Å². The van der Waals surface area contributed by atoms with Crippen molar-refractivity contribution in [2.75, 3.05) is 20.7 Å². The van der Waals surface area contributed by atoms with E-state index in [2.05, 4.69) is 56.8 Å². The van der Waals surface area contributed by atoms with E-state index in [1.54, 1.807) is 0 Å². The molecule has 1 atom stereocenters. The largest absolute Gasteiger partial charge is 0.476 e. The van der Waals surface area contributed by atoms with Gasteiger partial charge in [-0.3, -0.25) is 0 Å². The van der Waals surface area contributed by atoms with Crippen molar-refractivity contribution in [1.82, 2.24) is 9.88 Å². The van der Waals surface area contributed by atoms with Gasteiger partial charge in [0.05, 0.1) is 0 Å². The average molecular weight is 312 g/mol. The summed E-state index contributed by atoms with van der Waals surface area (Å²) in [5, 5.41) is 2.29. The molecule has 1 aromatic heterocycles. The summed E-state index contributed by atoms with van der Waals surface area (Å²) in [6, 6.07) is 10.8. The van der Waals surface area contributed by atoms with Gasteiger partial charge in [0.15, 0.2) is 0 Å². The van der Waals surface area contributed by atoms with E-state index < -0.39 is 0 Å². The Morgan fingerprint density at radius 2 is 2.09 bits per heavy atom. The van der Waals surface area contributed by atoms with Crippen molar-refractivity contribution < 1.29 is 4.74 Å². The zero-order chi connectivity index (χ0) is 16.7. The molecule has 1 heterocycles. The number of fused-ring (bicyclic) bond motifs is 1. The third-order valence-corrected chi connectivity index (χ3v) is 4.13. The van der Waals surface area contributed by atoms with Crippen LogP contribution in [0.15, 0.2) is 43.0 Å². The van der Waals surface area contributed by atoms with Crippen LogP contribution in [0.3, 0.4) is 0 Å².